The van der Waals surface area contributed by atoms with Gasteiger partial charge < -0.3 is 5.73 Å². The molecule has 1 aliphatic carbocycles. The Morgan fingerprint density at radius 1 is 1.24 bits per heavy atom. The molecular weight excluding hydrogens is 280 g/mol. The quantitative estimate of drug-likeness (QED) is 0.758. The average molecular weight is 296 g/mol. The van der Waals surface area contributed by atoms with Gasteiger partial charge in [-0.15, -0.1) is 11.3 Å². The Bertz CT molecular complexity index is 749. The maximum atomic E-state index is 6.07. The Morgan fingerprint density at radius 2 is 2.14 bits per heavy atom. The monoisotopic (exact) mass is 296 g/mol. The van der Waals surface area contributed by atoms with Gasteiger partial charge in [0.2, 0.25) is 0 Å². The number of pyridine rings is 1. The van der Waals surface area contributed by atoms with Crippen LogP contribution in [-0.4, -0.2) is 15.2 Å². The van der Waals surface area contributed by atoms with Crippen molar-refractivity contribution in [3.8, 4) is 21.7 Å². The van der Waals surface area contributed by atoms with Crippen LogP contribution in [0.4, 0.5) is 5.82 Å². The summed E-state index contributed by atoms with van der Waals surface area (Å²) in [4.78, 5) is 6.93. The predicted octanol–water partition coefficient (Wildman–Crippen LogP) is 3.66. The number of rotatable bonds is 2. The fourth-order valence-corrected chi connectivity index (χ4v) is 4.21. The number of aromatic nitrogens is 3. The molecule has 0 fully saturated rings. The van der Waals surface area contributed by atoms with E-state index in [1.54, 1.807) is 6.20 Å². The number of aromatic amines is 1. The molecule has 0 bridgehead atoms. The molecule has 3 aromatic rings. The molecule has 3 aromatic heterocycles. The van der Waals surface area contributed by atoms with Crippen molar-refractivity contribution in [2.75, 3.05) is 5.73 Å². The number of thiophene rings is 1. The van der Waals surface area contributed by atoms with Crippen LogP contribution in [0.5, 0.6) is 0 Å². The average Bonchev–Trinajstić information content (AvgIpc) is 3.11. The summed E-state index contributed by atoms with van der Waals surface area (Å²) in [6, 6.07) is 6.24. The smallest absolute Gasteiger partial charge is 0.153 e. The van der Waals surface area contributed by atoms with Gasteiger partial charge in [-0.2, -0.15) is 5.10 Å². The van der Waals surface area contributed by atoms with E-state index < -0.39 is 0 Å². The van der Waals surface area contributed by atoms with Gasteiger partial charge in [0.1, 0.15) is 0 Å². The molecule has 0 amide bonds. The van der Waals surface area contributed by atoms with Gasteiger partial charge in [0, 0.05) is 22.8 Å². The van der Waals surface area contributed by atoms with E-state index in [2.05, 4.69) is 21.2 Å². The summed E-state index contributed by atoms with van der Waals surface area (Å²) in [7, 11) is 0. The van der Waals surface area contributed by atoms with Crippen LogP contribution < -0.4 is 5.73 Å². The predicted molar refractivity (Wildman–Crippen MR) is 86.2 cm³/mol. The normalized spacial score (nSPS) is 14.1. The Morgan fingerprint density at radius 3 is 2.95 bits per heavy atom. The molecule has 0 aromatic carbocycles. The topological polar surface area (TPSA) is 67.6 Å². The summed E-state index contributed by atoms with van der Waals surface area (Å²) in [6.45, 7) is 0. The maximum Gasteiger partial charge on any atom is 0.153 e. The minimum Gasteiger partial charge on any atom is -0.382 e. The van der Waals surface area contributed by atoms with Crippen LogP contribution in [0, 0.1) is 0 Å². The van der Waals surface area contributed by atoms with Gasteiger partial charge >= 0.3 is 0 Å². The molecule has 106 valence electrons. The van der Waals surface area contributed by atoms with Crippen LogP contribution in [0.15, 0.2) is 30.6 Å². The summed E-state index contributed by atoms with van der Waals surface area (Å²) in [5, 5.41) is 7.31. The summed E-state index contributed by atoms with van der Waals surface area (Å²) >= 11 is 1.86. The van der Waals surface area contributed by atoms with Crippen LogP contribution in [0.3, 0.4) is 0 Å². The fourth-order valence-electron chi connectivity index (χ4n) is 2.95. The molecule has 5 heteroatoms. The van der Waals surface area contributed by atoms with Crippen LogP contribution in [0.1, 0.15) is 23.3 Å². The molecule has 1 aliphatic rings. The Hall–Kier alpha value is -2.14. The van der Waals surface area contributed by atoms with Crippen molar-refractivity contribution in [1.82, 2.24) is 15.2 Å². The van der Waals surface area contributed by atoms with Crippen LogP contribution in [0.2, 0.25) is 0 Å². The van der Waals surface area contributed by atoms with E-state index in [0.717, 1.165) is 16.8 Å². The first-order valence-corrected chi connectivity index (χ1v) is 8.01. The van der Waals surface area contributed by atoms with Crippen molar-refractivity contribution in [3.05, 3.63) is 41.0 Å². The molecule has 3 heterocycles. The molecule has 4 nitrogen and oxygen atoms in total. The van der Waals surface area contributed by atoms with E-state index in [0.29, 0.717) is 5.82 Å². The number of H-pyrrole nitrogens is 1. The van der Waals surface area contributed by atoms with Crippen molar-refractivity contribution in [2.24, 2.45) is 0 Å². The first-order valence-electron chi connectivity index (χ1n) is 7.19. The van der Waals surface area contributed by atoms with Gasteiger partial charge in [-0.25, -0.2) is 0 Å². The van der Waals surface area contributed by atoms with E-state index in [-0.39, 0.29) is 0 Å². The number of nitrogen functional groups attached to an aromatic ring is 1. The molecule has 0 radical (unpaired) electrons. The van der Waals surface area contributed by atoms with E-state index in [1.807, 2.05) is 29.7 Å². The molecule has 0 saturated carbocycles. The molecule has 0 spiro atoms. The van der Waals surface area contributed by atoms with E-state index in [1.165, 1.54) is 41.0 Å². The van der Waals surface area contributed by atoms with E-state index >= 15 is 0 Å². The number of hydrogen-bond acceptors (Lipinski definition) is 4. The molecule has 0 saturated heterocycles. The molecule has 0 atom stereocenters. The summed E-state index contributed by atoms with van der Waals surface area (Å²) < 4.78 is 0. The third-order valence-electron chi connectivity index (χ3n) is 3.99. The minimum atomic E-state index is 0.532. The minimum absolute atomic E-state index is 0.532. The zero-order valence-electron chi connectivity index (χ0n) is 11.6. The number of anilines is 1. The van der Waals surface area contributed by atoms with Crippen molar-refractivity contribution in [3.63, 3.8) is 0 Å². The second kappa shape index (κ2) is 5.00. The number of aryl methyl sites for hydroxylation is 2. The molecule has 21 heavy (non-hydrogen) atoms. The lowest BCUT2D eigenvalue weighted by atomic mass is 9.98. The largest absolute Gasteiger partial charge is 0.382 e. The number of nitrogens with two attached hydrogens (primary N) is 1. The molecular formula is C16H16N4S. The second-order valence-electron chi connectivity index (χ2n) is 5.37. The first-order chi connectivity index (χ1) is 10.3. The lowest BCUT2D eigenvalue weighted by Crippen LogP contribution is -1.96. The van der Waals surface area contributed by atoms with Crippen LogP contribution >= 0.6 is 11.3 Å². The van der Waals surface area contributed by atoms with Crippen molar-refractivity contribution < 1.29 is 0 Å². The van der Waals surface area contributed by atoms with Gasteiger partial charge in [-0.1, -0.05) is 6.07 Å². The SMILES string of the molecule is Nc1n[nH]c(-c2cc3c(s2)CCCC3)c1-c1cccnc1. The van der Waals surface area contributed by atoms with Gasteiger partial charge in [-0.05, 0) is 43.4 Å². The highest BCUT2D eigenvalue weighted by atomic mass is 32.1. The lowest BCUT2D eigenvalue weighted by Gasteiger charge is -2.08. The van der Waals surface area contributed by atoms with Crippen molar-refractivity contribution in [1.29, 1.82) is 0 Å². The maximum absolute atomic E-state index is 6.07. The Labute approximate surface area is 127 Å². The zero-order valence-corrected chi connectivity index (χ0v) is 12.4. The molecule has 0 aliphatic heterocycles. The summed E-state index contributed by atoms with van der Waals surface area (Å²) in [6.07, 6.45) is 8.59. The van der Waals surface area contributed by atoms with Crippen LogP contribution in [-0.2, 0) is 12.8 Å². The van der Waals surface area contributed by atoms with Gasteiger partial charge in [0.25, 0.3) is 0 Å². The van der Waals surface area contributed by atoms with Crippen molar-refractivity contribution in [2.45, 2.75) is 25.7 Å². The number of fused-ring (bicyclic) bond motifs is 1. The first kappa shape index (κ1) is 12.6. The summed E-state index contributed by atoms with van der Waals surface area (Å²) in [5.41, 5.74) is 10.5. The second-order valence-corrected chi connectivity index (χ2v) is 6.50. The fraction of sp³-hybridized carbons (Fsp3) is 0.250. The standard InChI is InChI=1S/C16H16N4S/c17-16-14(11-5-3-7-18-9-11)15(19-20-16)13-8-10-4-1-2-6-12(10)21-13/h3,5,7-9H,1-2,4,6H2,(H3,17,19,20). The molecule has 4 rings (SSSR count). The van der Waals surface area contributed by atoms with E-state index in [9.17, 15) is 0 Å². The highest BCUT2D eigenvalue weighted by molar-refractivity contribution is 7.15. The Kier molecular flexibility index (Phi) is 3.00. The highest BCUT2D eigenvalue weighted by Crippen LogP contribution is 2.40. The number of nitrogens with one attached hydrogen (secondary N) is 1. The molecule has 3 N–H and O–H groups in total. The third kappa shape index (κ3) is 2.14. The lowest BCUT2D eigenvalue weighted by molar-refractivity contribution is 0.697. The number of nitrogens with zero attached hydrogens (tertiary/aromatic N) is 2. The summed E-state index contributed by atoms with van der Waals surface area (Å²) in [5.74, 6) is 0.532. The Balaban J connectivity index is 1.85. The highest BCUT2D eigenvalue weighted by Gasteiger charge is 2.20. The van der Waals surface area contributed by atoms with Crippen molar-refractivity contribution >= 4 is 17.2 Å². The van der Waals surface area contributed by atoms with E-state index in [4.69, 9.17) is 5.73 Å². The van der Waals surface area contributed by atoms with Gasteiger partial charge in [0.15, 0.2) is 5.82 Å². The number of hydrogen-bond donors (Lipinski definition) is 2. The van der Waals surface area contributed by atoms with Gasteiger partial charge in [-0.3, -0.25) is 10.1 Å². The van der Waals surface area contributed by atoms with Crippen LogP contribution in [0.25, 0.3) is 21.7 Å². The zero-order chi connectivity index (χ0) is 14.2. The molecule has 0 unspecified atom stereocenters. The third-order valence-corrected chi connectivity index (χ3v) is 5.24. The van der Waals surface area contributed by atoms with Gasteiger partial charge in [0.05, 0.1) is 16.1 Å².